The van der Waals surface area contributed by atoms with Crippen LogP contribution < -0.4 is 5.69 Å². The molecule has 2 aliphatic rings. The van der Waals surface area contributed by atoms with Gasteiger partial charge in [0.05, 0.1) is 24.0 Å². The molecule has 2 atom stereocenters. The maximum atomic E-state index is 13.2. The molecule has 1 N–H and O–H groups in total. The van der Waals surface area contributed by atoms with Crippen molar-refractivity contribution in [2.24, 2.45) is 0 Å². The maximum absolute atomic E-state index is 13.2. The van der Waals surface area contributed by atoms with E-state index in [0.29, 0.717) is 35.1 Å². The molecule has 0 saturated carbocycles. The Morgan fingerprint density at radius 2 is 2.14 bits per heavy atom. The molecular weight excluding hydrogens is 374 g/mol. The van der Waals surface area contributed by atoms with Gasteiger partial charge in [0.25, 0.3) is 0 Å². The molecule has 1 fully saturated rings. The normalized spacial score (nSPS) is 19.5. The van der Waals surface area contributed by atoms with Gasteiger partial charge in [-0.3, -0.25) is 9.36 Å². The predicted molar refractivity (Wildman–Crippen MR) is 102 cm³/mol. The zero-order valence-corrected chi connectivity index (χ0v) is 15.6. The Bertz CT molecular complexity index is 1270. The summed E-state index contributed by atoms with van der Waals surface area (Å²) < 4.78 is 7.74. The minimum absolute atomic E-state index is 0.0426. The fourth-order valence-corrected chi connectivity index (χ4v) is 4.59. The molecule has 0 radical (unpaired) electrons. The first kappa shape index (κ1) is 17.5. The van der Waals surface area contributed by atoms with Gasteiger partial charge in [0.15, 0.2) is 0 Å². The Kier molecular flexibility index (Phi) is 3.72. The lowest BCUT2D eigenvalue weighted by Gasteiger charge is -2.27. The number of nitriles is 1. The molecule has 3 aromatic rings. The van der Waals surface area contributed by atoms with Gasteiger partial charge in [-0.1, -0.05) is 24.3 Å². The molecule has 5 rings (SSSR count). The molecule has 29 heavy (non-hydrogen) atoms. The molecule has 1 saturated heterocycles. The smallest absolute Gasteiger partial charge is 0.336 e. The third-order valence-electron chi connectivity index (χ3n) is 5.77. The van der Waals surface area contributed by atoms with E-state index in [2.05, 4.69) is 4.98 Å². The van der Waals surface area contributed by atoms with E-state index in [1.165, 1.54) is 17.9 Å². The molecule has 9 heteroatoms. The number of fused-ring (bicyclic) bond motifs is 6. The van der Waals surface area contributed by atoms with Crippen LogP contribution in [0, 0.1) is 11.3 Å². The van der Waals surface area contributed by atoms with E-state index >= 15 is 0 Å². The second-order valence-corrected chi connectivity index (χ2v) is 7.23. The Morgan fingerprint density at radius 1 is 1.38 bits per heavy atom. The van der Waals surface area contributed by atoms with E-state index in [1.54, 1.807) is 33.7 Å². The number of imidazole rings is 1. The fraction of sp³-hybridized carbons (Fsp3) is 0.300. The molecule has 0 aliphatic carbocycles. The number of amides is 1. The number of rotatable bonds is 3. The molecule has 2 aliphatic heterocycles. The molecule has 146 valence electrons. The Labute approximate surface area is 165 Å². The van der Waals surface area contributed by atoms with Crippen molar-refractivity contribution < 1.29 is 14.6 Å². The number of pyridine rings is 1. The van der Waals surface area contributed by atoms with Crippen molar-refractivity contribution in [3.8, 4) is 17.6 Å². The van der Waals surface area contributed by atoms with Gasteiger partial charge in [-0.25, -0.2) is 14.3 Å². The van der Waals surface area contributed by atoms with Crippen molar-refractivity contribution in [2.75, 3.05) is 20.3 Å². The Morgan fingerprint density at radius 3 is 2.86 bits per heavy atom. The van der Waals surface area contributed by atoms with Crippen LogP contribution in [0.4, 0.5) is 0 Å². The average Bonchev–Trinajstić information content (AvgIpc) is 3.39. The van der Waals surface area contributed by atoms with Crippen molar-refractivity contribution in [3.05, 3.63) is 52.3 Å². The molecule has 1 amide bonds. The van der Waals surface area contributed by atoms with Crippen LogP contribution in [0.5, 0.6) is 5.88 Å². The summed E-state index contributed by atoms with van der Waals surface area (Å²) in [6, 6.07) is 8.62. The third-order valence-corrected chi connectivity index (χ3v) is 5.77. The topological polar surface area (TPSA) is 113 Å². The number of carbonyl (C=O) groups excluding carboxylic acids is 1. The molecule has 1 aromatic carbocycles. The predicted octanol–water partition coefficient (Wildman–Crippen LogP) is 1.24. The quantitative estimate of drug-likeness (QED) is 0.719. The van der Waals surface area contributed by atoms with Crippen molar-refractivity contribution in [1.82, 2.24) is 19.0 Å². The van der Waals surface area contributed by atoms with Crippen molar-refractivity contribution >= 4 is 16.7 Å². The summed E-state index contributed by atoms with van der Waals surface area (Å²) in [5.41, 5.74) is 0.711. The average molecular weight is 391 g/mol. The van der Waals surface area contributed by atoms with E-state index in [4.69, 9.17) is 4.74 Å². The summed E-state index contributed by atoms with van der Waals surface area (Å²) >= 11 is 0. The minimum Gasteiger partial charge on any atom is -0.493 e. The Hall–Kier alpha value is -3.64. The number of ether oxygens (including phenoxy) is 1. The van der Waals surface area contributed by atoms with Gasteiger partial charge in [0, 0.05) is 24.4 Å². The fourth-order valence-electron chi connectivity index (χ4n) is 4.59. The second-order valence-electron chi connectivity index (χ2n) is 7.23. The SMILES string of the molecule is COCC(=O)N1CC2CC1c1c(O)n(-c3cnc(C#N)c4ccccc34)c(=O)n12. The number of hydrogen-bond donors (Lipinski definition) is 1. The molecule has 2 unspecified atom stereocenters. The van der Waals surface area contributed by atoms with E-state index < -0.39 is 0 Å². The number of aromatic nitrogens is 3. The number of nitrogens with zero attached hydrogens (tertiary/aromatic N) is 5. The van der Waals surface area contributed by atoms with E-state index in [-0.39, 0.29) is 41.9 Å². The summed E-state index contributed by atoms with van der Waals surface area (Å²) in [5, 5.41) is 21.6. The second kappa shape index (κ2) is 6.18. The van der Waals surface area contributed by atoms with E-state index in [1.807, 2.05) is 6.07 Å². The first-order chi connectivity index (χ1) is 14.1. The van der Waals surface area contributed by atoms with Crippen LogP contribution in [0.15, 0.2) is 35.3 Å². The largest absolute Gasteiger partial charge is 0.493 e. The lowest BCUT2D eigenvalue weighted by atomic mass is 10.1. The number of carbonyl (C=O) groups is 1. The number of benzene rings is 1. The molecular formula is C20H17N5O4. The molecule has 4 heterocycles. The standard InChI is InChI=1S/C20H17N5O4/c1-29-10-17(26)23-9-11-6-15(23)18-19(27)25(20(28)24(11)18)16-8-22-14(7-21)12-4-2-3-5-13(12)16/h2-5,8,11,15,27H,6,9-10H2,1H3. The van der Waals surface area contributed by atoms with Gasteiger partial charge in [0.1, 0.15) is 24.1 Å². The monoisotopic (exact) mass is 391 g/mol. The zero-order valence-electron chi connectivity index (χ0n) is 15.6. The van der Waals surface area contributed by atoms with Crippen LogP contribution in [0.25, 0.3) is 16.5 Å². The van der Waals surface area contributed by atoms with Crippen molar-refractivity contribution in [1.29, 1.82) is 5.26 Å². The van der Waals surface area contributed by atoms with Gasteiger partial charge < -0.3 is 14.7 Å². The van der Waals surface area contributed by atoms with Crippen LogP contribution in [0.2, 0.25) is 0 Å². The van der Waals surface area contributed by atoms with Crippen LogP contribution in [0.1, 0.15) is 29.9 Å². The van der Waals surface area contributed by atoms with Gasteiger partial charge in [0.2, 0.25) is 11.8 Å². The van der Waals surface area contributed by atoms with Gasteiger partial charge in [-0.2, -0.15) is 5.26 Å². The molecule has 2 aromatic heterocycles. The third kappa shape index (κ3) is 2.26. The zero-order chi connectivity index (χ0) is 20.3. The first-order valence-corrected chi connectivity index (χ1v) is 9.19. The summed E-state index contributed by atoms with van der Waals surface area (Å²) in [5.74, 6) is -0.370. The maximum Gasteiger partial charge on any atom is 0.336 e. The Balaban J connectivity index is 1.70. The summed E-state index contributed by atoms with van der Waals surface area (Å²) in [6.07, 6.45) is 2.02. The lowest BCUT2D eigenvalue weighted by molar-refractivity contribution is -0.136. The summed E-state index contributed by atoms with van der Waals surface area (Å²) in [4.78, 5) is 31.4. The highest BCUT2D eigenvalue weighted by Crippen LogP contribution is 2.48. The summed E-state index contributed by atoms with van der Waals surface area (Å²) in [6.45, 7) is 0.370. The van der Waals surface area contributed by atoms with Crippen LogP contribution >= 0.6 is 0 Å². The number of aromatic hydroxyl groups is 1. The van der Waals surface area contributed by atoms with E-state index in [0.717, 1.165) is 0 Å². The van der Waals surface area contributed by atoms with Gasteiger partial charge in [-0.15, -0.1) is 0 Å². The minimum atomic E-state index is -0.375. The highest BCUT2D eigenvalue weighted by molar-refractivity contribution is 5.93. The van der Waals surface area contributed by atoms with Crippen LogP contribution in [-0.2, 0) is 9.53 Å². The van der Waals surface area contributed by atoms with Crippen LogP contribution in [0.3, 0.4) is 0 Å². The summed E-state index contributed by atoms with van der Waals surface area (Å²) in [7, 11) is 1.46. The first-order valence-electron chi connectivity index (χ1n) is 9.19. The molecule has 2 bridgehead atoms. The van der Waals surface area contributed by atoms with E-state index in [9.17, 15) is 20.0 Å². The van der Waals surface area contributed by atoms with Crippen molar-refractivity contribution in [2.45, 2.75) is 18.5 Å². The molecule has 9 nitrogen and oxygen atoms in total. The van der Waals surface area contributed by atoms with Crippen molar-refractivity contribution in [3.63, 3.8) is 0 Å². The lowest BCUT2D eigenvalue weighted by Crippen LogP contribution is -2.39. The molecule has 0 spiro atoms. The van der Waals surface area contributed by atoms with Crippen LogP contribution in [-0.4, -0.2) is 50.3 Å². The number of hydrogen-bond acceptors (Lipinski definition) is 6. The van der Waals surface area contributed by atoms with Gasteiger partial charge in [-0.05, 0) is 6.42 Å². The number of methoxy groups -OCH3 is 1. The highest BCUT2D eigenvalue weighted by atomic mass is 16.5. The highest BCUT2D eigenvalue weighted by Gasteiger charge is 2.49. The number of likely N-dealkylation sites (tertiary alicyclic amines) is 1. The van der Waals surface area contributed by atoms with Gasteiger partial charge >= 0.3 is 5.69 Å².